The van der Waals surface area contributed by atoms with Crippen molar-refractivity contribution in [1.82, 2.24) is 4.90 Å². The highest BCUT2D eigenvalue weighted by atomic mass is 19.1. The average molecular weight is 420 g/mol. The molecule has 0 aromatic rings. The zero-order chi connectivity index (χ0) is 20.7. The first-order chi connectivity index (χ1) is 14.4. The molecule has 0 bridgehead atoms. The van der Waals surface area contributed by atoms with E-state index in [2.05, 4.69) is 11.8 Å². The molecule has 5 heteroatoms. The maximum Gasteiger partial charge on any atom is 0.150 e. The number of morpholine rings is 1. The van der Waals surface area contributed by atoms with Gasteiger partial charge in [-0.2, -0.15) is 0 Å². The number of ether oxygens (including phenoxy) is 1. The minimum Gasteiger partial charge on any atom is -0.390 e. The molecule has 0 spiro atoms. The minimum absolute atomic E-state index is 0.0616. The second kappa shape index (κ2) is 6.99. The molecule has 0 aromatic heterocycles. The van der Waals surface area contributed by atoms with Gasteiger partial charge in [0.2, 0.25) is 0 Å². The van der Waals surface area contributed by atoms with Gasteiger partial charge in [-0.15, -0.1) is 0 Å². The summed E-state index contributed by atoms with van der Waals surface area (Å²) in [5, 5.41) is 10.6. The molecule has 0 aromatic carbocycles. The van der Waals surface area contributed by atoms with E-state index >= 15 is 4.39 Å². The lowest BCUT2D eigenvalue weighted by molar-refractivity contribution is -0.136. The molecule has 1 N–H and O–H groups in total. The van der Waals surface area contributed by atoms with Crippen molar-refractivity contribution < 1.29 is 19.0 Å². The van der Waals surface area contributed by atoms with Gasteiger partial charge >= 0.3 is 0 Å². The first-order valence-corrected chi connectivity index (χ1v) is 12.6. The van der Waals surface area contributed by atoms with Crippen LogP contribution in [-0.2, 0) is 9.53 Å². The molecule has 6 aliphatic rings. The third-order valence-electron chi connectivity index (χ3n) is 10.8. The van der Waals surface area contributed by atoms with Crippen LogP contribution in [0.3, 0.4) is 0 Å². The van der Waals surface area contributed by atoms with E-state index in [9.17, 15) is 9.90 Å². The number of fused-ring (bicyclic) bond motifs is 7. The van der Waals surface area contributed by atoms with Crippen LogP contribution in [0.15, 0.2) is 0 Å². The molecular weight excluding hydrogens is 381 g/mol. The van der Waals surface area contributed by atoms with Crippen LogP contribution in [-0.4, -0.2) is 60.4 Å². The first-order valence-electron chi connectivity index (χ1n) is 12.6. The Morgan fingerprint density at radius 3 is 2.63 bits per heavy atom. The number of alkyl halides is 1. The summed E-state index contributed by atoms with van der Waals surface area (Å²) < 4.78 is 20.9. The lowest BCUT2D eigenvalue weighted by Gasteiger charge is -2.56. The summed E-state index contributed by atoms with van der Waals surface area (Å²) in [6.45, 7) is 6.13. The maximum atomic E-state index is 15.5. The van der Waals surface area contributed by atoms with Crippen LogP contribution in [0.25, 0.3) is 0 Å². The van der Waals surface area contributed by atoms with Gasteiger partial charge in [0.05, 0.1) is 25.4 Å². The predicted molar refractivity (Wildman–Crippen MR) is 112 cm³/mol. The summed E-state index contributed by atoms with van der Waals surface area (Å²) >= 11 is 0. The number of carbonyl (C=O) groups excluding carboxylic acids is 1. The van der Waals surface area contributed by atoms with E-state index in [-0.39, 0.29) is 23.2 Å². The lowest BCUT2D eigenvalue weighted by atomic mass is 9.49. The zero-order valence-electron chi connectivity index (χ0n) is 18.4. The fourth-order valence-electron chi connectivity index (χ4n) is 9.25. The number of aliphatic hydroxyl groups is 1. The summed E-state index contributed by atoms with van der Waals surface area (Å²) in [5.41, 5.74) is -0.460. The van der Waals surface area contributed by atoms with Gasteiger partial charge in [-0.05, 0) is 92.3 Å². The zero-order valence-corrected chi connectivity index (χ0v) is 18.4. The molecule has 4 nitrogen and oxygen atoms in total. The molecule has 30 heavy (non-hydrogen) atoms. The standard InChI is InChI=1S/C25H38FNO3/c1-24-6-4-15-16-5-7-25(29)13-20(25)23(16)21(26)12-17(15)18(24)2-3-19(24)22(28)14-27-8-10-30-11-9-27/h15-21,23,29H,2-14H2,1H3/t15-,16-,17-,18+,19-,20?,21-,23-,24+,25+/m1/s1. The summed E-state index contributed by atoms with van der Waals surface area (Å²) in [6, 6.07) is 0. The molecule has 0 amide bonds. The van der Waals surface area contributed by atoms with Crippen molar-refractivity contribution in [2.24, 2.45) is 46.8 Å². The van der Waals surface area contributed by atoms with E-state index in [0.717, 1.165) is 71.2 Å². The van der Waals surface area contributed by atoms with Crippen molar-refractivity contribution in [1.29, 1.82) is 0 Å². The number of ketones is 1. The molecule has 1 aliphatic heterocycles. The Hall–Kier alpha value is -0.520. The Labute approximate surface area is 179 Å². The van der Waals surface area contributed by atoms with Crippen molar-refractivity contribution in [3.05, 3.63) is 0 Å². The van der Waals surface area contributed by atoms with Crippen LogP contribution in [0.2, 0.25) is 0 Å². The lowest BCUT2D eigenvalue weighted by Crippen LogP contribution is -2.53. The van der Waals surface area contributed by atoms with E-state index in [0.29, 0.717) is 42.4 Å². The van der Waals surface area contributed by atoms with E-state index < -0.39 is 11.8 Å². The molecule has 5 saturated carbocycles. The Morgan fingerprint density at radius 2 is 1.83 bits per heavy atom. The summed E-state index contributed by atoms with van der Waals surface area (Å²) in [4.78, 5) is 15.6. The molecular formula is C25H38FNO3. The maximum absolute atomic E-state index is 15.5. The van der Waals surface area contributed by atoms with Crippen LogP contribution >= 0.6 is 0 Å². The quantitative estimate of drug-likeness (QED) is 0.761. The van der Waals surface area contributed by atoms with Crippen LogP contribution in [0, 0.1) is 46.8 Å². The largest absolute Gasteiger partial charge is 0.390 e. The Balaban J connectivity index is 1.19. The van der Waals surface area contributed by atoms with E-state index in [1.165, 1.54) is 0 Å². The third kappa shape index (κ3) is 2.90. The first kappa shape index (κ1) is 20.1. The van der Waals surface area contributed by atoms with Gasteiger partial charge < -0.3 is 9.84 Å². The Morgan fingerprint density at radius 1 is 1.07 bits per heavy atom. The molecule has 0 radical (unpaired) electrons. The Kier molecular flexibility index (Phi) is 4.68. The smallest absolute Gasteiger partial charge is 0.150 e. The normalized spacial score (nSPS) is 55.2. The van der Waals surface area contributed by atoms with Gasteiger partial charge in [-0.3, -0.25) is 9.69 Å². The van der Waals surface area contributed by atoms with Gasteiger partial charge in [0.1, 0.15) is 12.0 Å². The van der Waals surface area contributed by atoms with Crippen LogP contribution in [0.4, 0.5) is 4.39 Å². The van der Waals surface area contributed by atoms with E-state index in [4.69, 9.17) is 4.74 Å². The van der Waals surface area contributed by atoms with E-state index in [1.807, 2.05) is 0 Å². The van der Waals surface area contributed by atoms with Crippen LogP contribution in [0.5, 0.6) is 0 Å². The minimum atomic E-state index is -0.749. The topological polar surface area (TPSA) is 49.8 Å². The van der Waals surface area contributed by atoms with E-state index in [1.54, 1.807) is 0 Å². The number of carbonyl (C=O) groups is 1. The number of halogens is 1. The third-order valence-corrected chi connectivity index (χ3v) is 10.8. The van der Waals surface area contributed by atoms with Crippen LogP contribution < -0.4 is 0 Å². The summed E-state index contributed by atoms with van der Waals surface area (Å²) in [6.07, 6.45) is 7.08. The van der Waals surface area contributed by atoms with Gasteiger partial charge in [-0.25, -0.2) is 4.39 Å². The molecule has 1 saturated heterocycles. The van der Waals surface area contributed by atoms with Gasteiger partial charge in [0.25, 0.3) is 0 Å². The molecule has 5 aliphatic carbocycles. The molecule has 6 rings (SSSR count). The fraction of sp³-hybridized carbons (Fsp3) is 0.960. The molecule has 1 unspecified atom stereocenters. The monoisotopic (exact) mass is 419 g/mol. The second-order valence-corrected chi connectivity index (χ2v) is 11.9. The van der Waals surface area contributed by atoms with Gasteiger partial charge in [-0.1, -0.05) is 6.92 Å². The summed E-state index contributed by atoms with van der Waals surface area (Å²) in [7, 11) is 0. The second-order valence-electron chi connectivity index (χ2n) is 11.9. The highest BCUT2D eigenvalue weighted by Crippen LogP contribution is 2.69. The Bertz CT molecular complexity index is 711. The van der Waals surface area contributed by atoms with Gasteiger partial charge in [0, 0.05) is 19.0 Å². The van der Waals surface area contributed by atoms with Crippen molar-refractivity contribution in [2.45, 2.75) is 70.1 Å². The number of rotatable bonds is 3. The number of hydrogen-bond acceptors (Lipinski definition) is 4. The SMILES string of the molecule is C[C@]12CC[C@@H]3[C@H]4CC[C@]5(O)CC5[C@@H]4[C@H](F)C[C@H]3[C@@H]1CC[C@@H]2C(=O)CN1CCOCC1. The number of hydrogen-bond donors (Lipinski definition) is 1. The van der Waals surface area contributed by atoms with Crippen molar-refractivity contribution in [3.8, 4) is 0 Å². The molecule has 1 heterocycles. The molecule has 6 fully saturated rings. The van der Waals surface area contributed by atoms with Crippen molar-refractivity contribution >= 4 is 5.78 Å². The van der Waals surface area contributed by atoms with Crippen molar-refractivity contribution in [2.75, 3.05) is 32.8 Å². The summed E-state index contributed by atoms with van der Waals surface area (Å²) in [5.74, 6) is 2.97. The number of Topliss-reactive ketones (excluding diaryl/α,β-unsaturated/α-hetero) is 1. The fourth-order valence-corrected chi connectivity index (χ4v) is 9.25. The van der Waals surface area contributed by atoms with Crippen molar-refractivity contribution in [3.63, 3.8) is 0 Å². The molecule has 168 valence electrons. The van der Waals surface area contributed by atoms with Gasteiger partial charge in [0.15, 0.2) is 0 Å². The highest BCUT2D eigenvalue weighted by molar-refractivity contribution is 5.84. The number of nitrogens with zero attached hydrogens (tertiary/aromatic N) is 1. The highest BCUT2D eigenvalue weighted by Gasteiger charge is 2.67. The average Bonchev–Trinajstić information content (AvgIpc) is 3.29. The predicted octanol–water partition coefficient (Wildman–Crippen LogP) is 3.47. The molecule has 10 atom stereocenters. The van der Waals surface area contributed by atoms with Crippen LogP contribution in [0.1, 0.15) is 58.3 Å².